The van der Waals surface area contributed by atoms with Gasteiger partial charge in [0.2, 0.25) is 11.8 Å². The third-order valence-electron chi connectivity index (χ3n) is 2.53. The summed E-state index contributed by atoms with van der Waals surface area (Å²) in [6.45, 7) is 2.35. The molecule has 0 aliphatic rings. The lowest BCUT2D eigenvalue weighted by Gasteiger charge is -2.12. The molecule has 1 aromatic carbocycles. The van der Waals surface area contributed by atoms with Gasteiger partial charge >= 0.3 is 0 Å². The minimum Gasteiger partial charge on any atom is -0.478 e. The summed E-state index contributed by atoms with van der Waals surface area (Å²) in [7, 11) is 0. The maximum Gasteiger partial charge on any atom is 0.249 e. The number of rotatable bonds is 4. The van der Waals surface area contributed by atoms with Gasteiger partial charge in [0.1, 0.15) is 0 Å². The molecule has 0 saturated carbocycles. The van der Waals surface area contributed by atoms with Gasteiger partial charge in [-0.25, -0.2) is 4.98 Å². The molecule has 0 unspecified atom stereocenters. The molecule has 18 heavy (non-hydrogen) atoms. The summed E-state index contributed by atoms with van der Waals surface area (Å²) in [5.74, 6) is -0.0581. The van der Waals surface area contributed by atoms with Crippen LogP contribution in [0.15, 0.2) is 42.6 Å². The van der Waals surface area contributed by atoms with Gasteiger partial charge in [-0.3, -0.25) is 4.79 Å². The van der Waals surface area contributed by atoms with E-state index in [0.717, 1.165) is 5.56 Å². The third kappa shape index (κ3) is 2.32. The standard InChI is InChI=1S/C14H14N2O2/c1-2-18-14-12(10-6-4-3-5-7-10)11(13(15)17)8-9-16-14/h3-9H,2H2,1H3,(H2,15,17). The SMILES string of the molecule is CCOc1nccc(C(N)=O)c1-c1ccccc1. The van der Waals surface area contributed by atoms with Crippen LogP contribution in [-0.4, -0.2) is 17.5 Å². The Morgan fingerprint density at radius 2 is 2.00 bits per heavy atom. The smallest absolute Gasteiger partial charge is 0.249 e. The van der Waals surface area contributed by atoms with Crippen molar-refractivity contribution in [2.45, 2.75) is 6.92 Å². The molecule has 0 fully saturated rings. The Labute approximate surface area is 105 Å². The van der Waals surface area contributed by atoms with Crippen LogP contribution in [0.4, 0.5) is 0 Å². The van der Waals surface area contributed by atoms with Crippen LogP contribution in [0.25, 0.3) is 11.1 Å². The van der Waals surface area contributed by atoms with Gasteiger partial charge in [0.05, 0.1) is 17.7 Å². The third-order valence-corrected chi connectivity index (χ3v) is 2.53. The average molecular weight is 242 g/mol. The summed E-state index contributed by atoms with van der Waals surface area (Å²) in [4.78, 5) is 15.6. The zero-order valence-electron chi connectivity index (χ0n) is 10.1. The summed E-state index contributed by atoms with van der Waals surface area (Å²) in [6, 6.07) is 11.1. The van der Waals surface area contributed by atoms with Crippen LogP contribution in [0.5, 0.6) is 5.88 Å². The molecule has 1 amide bonds. The van der Waals surface area contributed by atoms with Crippen LogP contribution >= 0.6 is 0 Å². The highest BCUT2D eigenvalue weighted by Crippen LogP contribution is 2.31. The zero-order valence-corrected chi connectivity index (χ0v) is 10.1. The molecule has 0 spiro atoms. The molecule has 1 heterocycles. The van der Waals surface area contributed by atoms with E-state index in [1.165, 1.54) is 6.20 Å². The van der Waals surface area contributed by atoms with E-state index in [4.69, 9.17) is 10.5 Å². The van der Waals surface area contributed by atoms with Crippen molar-refractivity contribution in [2.24, 2.45) is 5.73 Å². The molecular formula is C14H14N2O2. The second kappa shape index (κ2) is 5.31. The summed E-state index contributed by atoms with van der Waals surface area (Å²) in [5.41, 5.74) is 7.32. The largest absolute Gasteiger partial charge is 0.478 e. The van der Waals surface area contributed by atoms with Crippen LogP contribution < -0.4 is 10.5 Å². The number of carbonyl (C=O) groups excluding carboxylic acids is 1. The molecule has 0 atom stereocenters. The number of nitrogens with two attached hydrogens (primary N) is 1. The van der Waals surface area contributed by atoms with Crippen LogP contribution in [0.2, 0.25) is 0 Å². The predicted molar refractivity (Wildman–Crippen MR) is 69.4 cm³/mol. The monoisotopic (exact) mass is 242 g/mol. The van der Waals surface area contributed by atoms with Gasteiger partial charge in [0, 0.05) is 6.20 Å². The molecule has 2 aromatic rings. The Bertz CT molecular complexity index is 553. The van der Waals surface area contributed by atoms with Gasteiger partial charge in [0.15, 0.2) is 0 Å². The predicted octanol–water partition coefficient (Wildman–Crippen LogP) is 2.25. The first-order chi connectivity index (χ1) is 8.74. The molecule has 92 valence electrons. The Balaban J connectivity index is 2.64. The quantitative estimate of drug-likeness (QED) is 0.894. The maximum atomic E-state index is 11.5. The number of ether oxygens (including phenoxy) is 1. The summed E-state index contributed by atoms with van der Waals surface area (Å²) < 4.78 is 5.46. The molecule has 0 bridgehead atoms. The summed E-state index contributed by atoms with van der Waals surface area (Å²) in [5, 5.41) is 0. The molecule has 2 rings (SSSR count). The van der Waals surface area contributed by atoms with Gasteiger partial charge in [-0.05, 0) is 18.6 Å². The normalized spacial score (nSPS) is 10.1. The minimum atomic E-state index is -0.489. The topological polar surface area (TPSA) is 65.2 Å². The van der Waals surface area contributed by atoms with Gasteiger partial charge in [-0.1, -0.05) is 30.3 Å². The number of hydrogen-bond acceptors (Lipinski definition) is 3. The highest BCUT2D eigenvalue weighted by molar-refractivity contribution is 6.00. The fourth-order valence-electron chi connectivity index (χ4n) is 1.78. The number of carbonyl (C=O) groups is 1. The lowest BCUT2D eigenvalue weighted by atomic mass is 10.0. The highest BCUT2D eigenvalue weighted by atomic mass is 16.5. The van der Waals surface area contributed by atoms with E-state index in [1.807, 2.05) is 37.3 Å². The Hall–Kier alpha value is -2.36. The van der Waals surface area contributed by atoms with E-state index >= 15 is 0 Å². The van der Waals surface area contributed by atoms with E-state index in [0.29, 0.717) is 23.6 Å². The molecular weight excluding hydrogens is 228 g/mol. The van der Waals surface area contributed by atoms with Crippen molar-refractivity contribution in [3.8, 4) is 17.0 Å². The van der Waals surface area contributed by atoms with E-state index < -0.39 is 5.91 Å². The number of hydrogen-bond donors (Lipinski definition) is 1. The van der Waals surface area contributed by atoms with E-state index in [9.17, 15) is 4.79 Å². The van der Waals surface area contributed by atoms with Crippen molar-refractivity contribution in [2.75, 3.05) is 6.61 Å². The van der Waals surface area contributed by atoms with Gasteiger partial charge in [0.25, 0.3) is 0 Å². The van der Waals surface area contributed by atoms with E-state index in [1.54, 1.807) is 6.07 Å². The lowest BCUT2D eigenvalue weighted by molar-refractivity contribution is 0.100. The zero-order chi connectivity index (χ0) is 13.0. The van der Waals surface area contributed by atoms with Crippen LogP contribution in [0.3, 0.4) is 0 Å². The first-order valence-corrected chi connectivity index (χ1v) is 5.71. The second-order valence-electron chi connectivity index (χ2n) is 3.70. The first-order valence-electron chi connectivity index (χ1n) is 5.71. The number of primary amides is 1. The maximum absolute atomic E-state index is 11.5. The number of nitrogens with zero attached hydrogens (tertiary/aromatic N) is 1. The molecule has 0 saturated heterocycles. The van der Waals surface area contributed by atoms with Crippen molar-refractivity contribution in [3.05, 3.63) is 48.2 Å². The van der Waals surface area contributed by atoms with Crippen molar-refractivity contribution in [1.82, 2.24) is 4.98 Å². The molecule has 4 heteroatoms. The molecule has 2 N–H and O–H groups in total. The van der Waals surface area contributed by atoms with Gasteiger partial charge in [-0.2, -0.15) is 0 Å². The van der Waals surface area contributed by atoms with Crippen molar-refractivity contribution >= 4 is 5.91 Å². The van der Waals surface area contributed by atoms with Crippen LogP contribution in [-0.2, 0) is 0 Å². The lowest BCUT2D eigenvalue weighted by Crippen LogP contribution is -2.13. The highest BCUT2D eigenvalue weighted by Gasteiger charge is 2.16. The van der Waals surface area contributed by atoms with Crippen LogP contribution in [0.1, 0.15) is 17.3 Å². The van der Waals surface area contributed by atoms with Gasteiger partial charge < -0.3 is 10.5 Å². The first kappa shape index (κ1) is 12.1. The molecule has 0 aliphatic carbocycles. The van der Waals surface area contributed by atoms with Crippen molar-refractivity contribution in [1.29, 1.82) is 0 Å². The van der Waals surface area contributed by atoms with E-state index in [-0.39, 0.29) is 0 Å². The second-order valence-corrected chi connectivity index (χ2v) is 3.70. The fraction of sp³-hybridized carbons (Fsp3) is 0.143. The number of benzene rings is 1. The number of aromatic nitrogens is 1. The molecule has 4 nitrogen and oxygen atoms in total. The van der Waals surface area contributed by atoms with E-state index in [2.05, 4.69) is 4.98 Å². The van der Waals surface area contributed by atoms with Gasteiger partial charge in [-0.15, -0.1) is 0 Å². The summed E-state index contributed by atoms with van der Waals surface area (Å²) in [6.07, 6.45) is 1.53. The Morgan fingerprint density at radius 1 is 1.28 bits per heavy atom. The Morgan fingerprint density at radius 3 is 2.61 bits per heavy atom. The Kier molecular flexibility index (Phi) is 3.57. The molecule has 0 aliphatic heterocycles. The average Bonchev–Trinajstić information content (AvgIpc) is 2.40. The molecule has 0 radical (unpaired) electrons. The minimum absolute atomic E-state index is 0.416. The van der Waals surface area contributed by atoms with Crippen LogP contribution in [0, 0.1) is 0 Å². The van der Waals surface area contributed by atoms with Crippen molar-refractivity contribution in [3.63, 3.8) is 0 Å². The summed E-state index contributed by atoms with van der Waals surface area (Å²) >= 11 is 0. The number of pyridine rings is 1. The van der Waals surface area contributed by atoms with Crippen molar-refractivity contribution < 1.29 is 9.53 Å². The number of amides is 1. The molecule has 1 aromatic heterocycles. The fourth-order valence-corrected chi connectivity index (χ4v) is 1.78.